The smallest absolute Gasteiger partial charge is 0.264 e. The van der Waals surface area contributed by atoms with Gasteiger partial charge >= 0.3 is 0 Å². The Hall–Kier alpha value is -2.19. The highest BCUT2D eigenvalue weighted by atomic mass is 32.2. The molecule has 6 N–H and O–H groups in total. The lowest BCUT2D eigenvalue weighted by molar-refractivity contribution is 0.482. The summed E-state index contributed by atoms with van der Waals surface area (Å²) in [5.41, 5.74) is 12.1. The summed E-state index contributed by atoms with van der Waals surface area (Å²) in [5, 5.41) is 0. The molecule has 0 bridgehead atoms. The maximum atomic E-state index is 12.2. The predicted octanol–water partition coefficient (Wildman–Crippen LogP) is 1.47. The Labute approximate surface area is 171 Å². The van der Waals surface area contributed by atoms with E-state index in [0.717, 1.165) is 0 Å². The van der Waals surface area contributed by atoms with E-state index in [1.807, 2.05) is 0 Å². The van der Waals surface area contributed by atoms with Gasteiger partial charge in [0.25, 0.3) is 20.2 Å². The molecule has 0 aliphatic heterocycles. The van der Waals surface area contributed by atoms with Crippen molar-refractivity contribution < 1.29 is 34.4 Å². The number of nitrogen functional groups attached to an aromatic ring is 2. The fraction of sp³-hybridized carbons (Fsp3) is 0.250. The topological polar surface area (TPSA) is 195 Å². The summed E-state index contributed by atoms with van der Waals surface area (Å²) < 4.78 is 78.2. The quantitative estimate of drug-likeness (QED) is 0.377. The monoisotopic (exact) mass is 468 g/mol. The van der Waals surface area contributed by atoms with Gasteiger partial charge in [-0.1, -0.05) is 0 Å². The zero-order chi connectivity index (χ0) is 22.9. The van der Waals surface area contributed by atoms with Crippen molar-refractivity contribution >= 4 is 41.4 Å². The average molecular weight is 469 g/mol. The molecule has 10 nitrogen and oxygen atoms in total. The van der Waals surface area contributed by atoms with Crippen LogP contribution >= 0.6 is 0 Å². The number of anilines is 2. The van der Waals surface area contributed by atoms with E-state index < -0.39 is 30.1 Å². The molecule has 0 atom stereocenters. The Morgan fingerprint density at radius 2 is 0.828 bits per heavy atom. The Morgan fingerprint density at radius 1 is 0.621 bits per heavy atom. The molecule has 2 rings (SSSR count). The number of hydrogen-bond acceptors (Lipinski definition) is 8. The van der Waals surface area contributed by atoms with E-state index in [1.165, 1.54) is 38.1 Å². The summed E-state index contributed by atoms with van der Waals surface area (Å²) >= 11 is 0. The standard InChI is InChI=1S/C12H12N2O2S.2C2H6O3S/c13-9-1-5-11(6-2-9)17(15,16)12-7-3-10(14)4-8-12;2*1-2-6(3,4)5/h1-8H,13-14H2;2*2H2,1H3,(H,3,4,5). The SMILES string of the molecule is CCS(=O)(=O)O.CCS(=O)(=O)O.Nc1ccc(S(=O)(=O)c2ccc(N)cc2)cc1. The number of sulfone groups is 1. The van der Waals surface area contributed by atoms with Crippen molar-refractivity contribution in [1.82, 2.24) is 0 Å². The Kier molecular flexibility index (Phi) is 10.3. The van der Waals surface area contributed by atoms with Crippen LogP contribution in [-0.4, -0.2) is 45.9 Å². The lowest BCUT2D eigenvalue weighted by atomic mass is 10.3. The first-order chi connectivity index (χ1) is 13.1. The van der Waals surface area contributed by atoms with Gasteiger partial charge in [0.1, 0.15) is 0 Å². The van der Waals surface area contributed by atoms with Gasteiger partial charge in [0.2, 0.25) is 9.84 Å². The molecular formula is C16H24N2O8S3. The molecule has 29 heavy (non-hydrogen) atoms. The van der Waals surface area contributed by atoms with Gasteiger partial charge in [-0.3, -0.25) is 9.11 Å². The molecule has 0 aliphatic rings. The van der Waals surface area contributed by atoms with E-state index in [2.05, 4.69) is 0 Å². The molecule has 13 heteroatoms. The third-order valence-corrected chi connectivity index (χ3v) is 6.36. The van der Waals surface area contributed by atoms with Gasteiger partial charge in [-0.05, 0) is 62.4 Å². The van der Waals surface area contributed by atoms with Gasteiger partial charge in [-0.25, -0.2) is 8.42 Å². The molecule has 0 heterocycles. The molecule has 2 aromatic rings. The molecule has 0 radical (unpaired) electrons. The van der Waals surface area contributed by atoms with Crippen LogP contribution < -0.4 is 11.5 Å². The van der Waals surface area contributed by atoms with Crippen LogP contribution in [0.25, 0.3) is 0 Å². The van der Waals surface area contributed by atoms with Crippen LogP contribution in [-0.2, 0) is 30.1 Å². The molecule has 0 aliphatic carbocycles. The maximum Gasteiger partial charge on any atom is 0.264 e. The molecule has 0 saturated heterocycles. The van der Waals surface area contributed by atoms with Crippen molar-refractivity contribution in [3.63, 3.8) is 0 Å². The van der Waals surface area contributed by atoms with Crippen LogP contribution in [0, 0.1) is 0 Å². The van der Waals surface area contributed by atoms with Gasteiger partial charge in [-0.15, -0.1) is 0 Å². The van der Waals surface area contributed by atoms with Crippen molar-refractivity contribution in [1.29, 1.82) is 0 Å². The lowest BCUT2D eigenvalue weighted by Crippen LogP contribution is -2.02. The van der Waals surface area contributed by atoms with E-state index in [9.17, 15) is 25.3 Å². The largest absolute Gasteiger partial charge is 0.399 e. The minimum absolute atomic E-state index is 0.201. The summed E-state index contributed by atoms with van der Waals surface area (Å²) in [6.45, 7) is 2.74. The molecule has 0 saturated carbocycles. The number of benzene rings is 2. The highest BCUT2D eigenvalue weighted by molar-refractivity contribution is 7.91. The van der Waals surface area contributed by atoms with Crippen LogP contribution in [0.1, 0.15) is 13.8 Å². The van der Waals surface area contributed by atoms with E-state index in [4.69, 9.17) is 20.6 Å². The van der Waals surface area contributed by atoms with Gasteiger partial charge in [0, 0.05) is 11.4 Å². The normalized spacial score (nSPS) is 11.4. The van der Waals surface area contributed by atoms with E-state index in [0.29, 0.717) is 11.4 Å². The van der Waals surface area contributed by atoms with Crippen LogP contribution in [0.4, 0.5) is 11.4 Å². The van der Waals surface area contributed by atoms with Crippen molar-refractivity contribution in [2.45, 2.75) is 23.6 Å². The van der Waals surface area contributed by atoms with Gasteiger partial charge in [-0.2, -0.15) is 16.8 Å². The molecule has 0 amide bonds. The zero-order valence-electron chi connectivity index (χ0n) is 15.8. The van der Waals surface area contributed by atoms with Crippen LogP contribution in [0.2, 0.25) is 0 Å². The second-order valence-electron chi connectivity index (χ2n) is 5.38. The van der Waals surface area contributed by atoms with Gasteiger partial charge in [0.05, 0.1) is 21.3 Å². The molecular weight excluding hydrogens is 444 g/mol. The molecule has 0 unspecified atom stereocenters. The highest BCUT2D eigenvalue weighted by Gasteiger charge is 2.16. The second kappa shape index (κ2) is 11.1. The van der Waals surface area contributed by atoms with Crippen molar-refractivity contribution in [3.8, 4) is 0 Å². The number of rotatable bonds is 4. The van der Waals surface area contributed by atoms with Crippen molar-refractivity contribution in [3.05, 3.63) is 48.5 Å². The van der Waals surface area contributed by atoms with Crippen LogP contribution in [0.3, 0.4) is 0 Å². The Morgan fingerprint density at radius 3 is 1.00 bits per heavy atom. The molecule has 0 spiro atoms. The Bertz CT molecular complexity index is 994. The molecule has 164 valence electrons. The number of nitrogens with two attached hydrogens (primary N) is 2. The first-order valence-electron chi connectivity index (χ1n) is 7.99. The van der Waals surface area contributed by atoms with E-state index in [-0.39, 0.29) is 21.3 Å². The fourth-order valence-corrected chi connectivity index (χ4v) is 2.69. The minimum atomic E-state index is -3.66. The summed E-state index contributed by atoms with van der Waals surface area (Å²) in [6.07, 6.45) is 0. The first-order valence-corrected chi connectivity index (χ1v) is 12.7. The second-order valence-corrected chi connectivity index (χ2v) is 10.8. The van der Waals surface area contributed by atoms with E-state index in [1.54, 1.807) is 24.3 Å². The van der Waals surface area contributed by atoms with Gasteiger partial charge in [0.15, 0.2) is 0 Å². The molecule has 0 fully saturated rings. The summed E-state index contributed by atoms with van der Waals surface area (Å²) in [4.78, 5) is 0.438. The Balaban J connectivity index is 0.000000542. The maximum absolute atomic E-state index is 12.2. The fourth-order valence-electron chi connectivity index (χ4n) is 1.43. The van der Waals surface area contributed by atoms with Crippen LogP contribution in [0.5, 0.6) is 0 Å². The molecule has 0 aromatic heterocycles. The third kappa shape index (κ3) is 11.4. The summed E-state index contributed by atoms with van der Waals surface area (Å²) in [7, 11) is -10.8. The zero-order valence-corrected chi connectivity index (χ0v) is 18.2. The first kappa shape index (κ1) is 26.8. The van der Waals surface area contributed by atoms with Crippen molar-refractivity contribution in [2.24, 2.45) is 0 Å². The highest BCUT2D eigenvalue weighted by Crippen LogP contribution is 2.22. The predicted molar refractivity (Wildman–Crippen MR) is 111 cm³/mol. The van der Waals surface area contributed by atoms with Crippen LogP contribution in [0.15, 0.2) is 58.3 Å². The van der Waals surface area contributed by atoms with Gasteiger partial charge < -0.3 is 11.5 Å². The lowest BCUT2D eigenvalue weighted by Gasteiger charge is -2.05. The summed E-state index contributed by atoms with van der Waals surface area (Å²) in [6, 6.07) is 12.2. The average Bonchev–Trinajstić information content (AvgIpc) is 2.62. The van der Waals surface area contributed by atoms with Crippen molar-refractivity contribution in [2.75, 3.05) is 23.0 Å². The number of hydrogen-bond donors (Lipinski definition) is 4. The molecule has 2 aromatic carbocycles. The van der Waals surface area contributed by atoms with E-state index >= 15 is 0 Å². The summed E-state index contributed by atoms with van der Waals surface area (Å²) in [5.74, 6) is -0.403. The minimum Gasteiger partial charge on any atom is -0.399 e. The third-order valence-electron chi connectivity index (χ3n) is 3.11.